The number of nitrogen functional groups attached to an aromatic ring is 1. The molecule has 0 saturated heterocycles. The van der Waals surface area contributed by atoms with Gasteiger partial charge in [0.1, 0.15) is 0 Å². The van der Waals surface area contributed by atoms with Gasteiger partial charge in [-0.3, -0.25) is 4.79 Å². The van der Waals surface area contributed by atoms with Crippen molar-refractivity contribution in [2.45, 2.75) is 6.92 Å². The molecule has 0 aliphatic carbocycles. The molecule has 88 valence electrons. The number of amides is 1. The van der Waals surface area contributed by atoms with Crippen LogP contribution in [0.5, 0.6) is 0 Å². The van der Waals surface area contributed by atoms with E-state index in [1.54, 1.807) is 6.92 Å². The highest BCUT2D eigenvalue weighted by atomic mass is 16.5. The van der Waals surface area contributed by atoms with Gasteiger partial charge in [0.2, 0.25) is 0 Å². The highest BCUT2D eigenvalue weighted by molar-refractivity contribution is 5.90. The van der Waals surface area contributed by atoms with Crippen LogP contribution in [0.1, 0.15) is 17.5 Å². The van der Waals surface area contributed by atoms with Gasteiger partial charge in [-0.05, 0) is 6.92 Å². The van der Waals surface area contributed by atoms with Gasteiger partial charge in [0.15, 0.2) is 11.5 Å². The van der Waals surface area contributed by atoms with E-state index in [9.17, 15) is 4.79 Å². The number of nitrogens with zero attached hydrogens (tertiary/aromatic N) is 4. The van der Waals surface area contributed by atoms with E-state index in [1.807, 2.05) is 0 Å². The van der Waals surface area contributed by atoms with Gasteiger partial charge in [-0.25, -0.2) is 9.97 Å². The Morgan fingerprint density at radius 1 is 1.47 bits per heavy atom. The molecule has 0 saturated carbocycles. The second kappa shape index (κ2) is 4.56. The lowest BCUT2D eigenvalue weighted by Gasteiger charge is -1.96. The lowest BCUT2D eigenvalue weighted by Crippen LogP contribution is -2.23. The fraction of sp³-hybridized carbons (Fsp3) is 0.222. The Bertz CT molecular complexity index is 538. The van der Waals surface area contributed by atoms with E-state index in [-0.39, 0.29) is 23.2 Å². The monoisotopic (exact) mass is 234 g/mol. The molecule has 1 amide bonds. The van der Waals surface area contributed by atoms with Crippen molar-refractivity contribution >= 4 is 11.7 Å². The average Bonchev–Trinajstić information content (AvgIpc) is 2.79. The zero-order valence-electron chi connectivity index (χ0n) is 9.04. The van der Waals surface area contributed by atoms with E-state index in [4.69, 9.17) is 10.3 Å². The molecule has 0 unspecified atom stereocenters. The fourth-order valence-corrected chi connectivity index (χ4v) is 1.17. The van der Waals surface area contributed by atoms with Crippen LogP contribution in [0.15, 0.2) is 16.9 Å². The van der Waals surface area contributed by atoms with Crippen LogP contribution in [0, 0.1) is 0 Å². The van der Waals surface area contributed by atoms with Gasteiger partial charge in [0.05, 0.1) is 0 Å². The first kappa shape index (κ1) is 11.0. The third-order valence-corrected chi connectivity index (χ3v) is 1.90. The average molecular weight is 234 g/mol. The molecule has 2 heterocycles. The van der Waals surface area contributed by atoms with E-state index < -0.39 is 5.91 Å². The first-order valence-corrected chi connectivity index (χ1v) is 4.91. The molecule has 0 atom stereocenters. The van der Waals surface area contributed by atoms with Crippen molar-refractivity contribution in [1.82, 2.24) is 25.4 Å². The minimum Gasteiger partial charge on any atom is -0.382 e. The Labute approximate surface area is 96.3 Å². The van der Waals surface area contributed by atoms with Crippen LogP contribution in [0.3, 0.4) is 0 Å². The van der Waals surface area contributed by atoms with Crippen LogP contribution in [0.4, 0.5) is 5.82 Å². The van der Waals surface area contributed by atoms with Crippen molar-refractivity contribution in [2.75, 3.05) is 12.3 Å². The Morgan fingerprint density at radius 3 is 2.94 bits per heavy atom. The third-order valence-electron chi connectivity index (χ3n) is 1.90. The van der Waals surface area contributed by atoms with Crippen molar-refractivity contribution < 1.29 is 9.32 Å². The molecule has 0 spiro atoms. The molecule has 8 nitrogen and oxygen atoms in total. The molecule has 0 bridgehead atoms. The summed E-state index contributed by atoms with van der Waals surface area (Å²) in [5, 5.41) is 6.08. The molecular weight excluding hydrogens is 224 g/mol. The van der Waals surface area contributed by atoms with Crippen molar-refractivity contribution in [1.29, 1.82) is 0 Å². The number of nitrogens with two attached hydrogens (primary N) is 1. The summed E-state index contributed by atoms with van der Waals surface area (Å²) >= 11 is 0. The maximum atomic E-state index is 11.4. The van der Waals surface area contributed by atoms with Gasteiger partial charge in [-0.2, -0.15) is 4.98 Å². The molecule has 0 aliphatic heterocycles. The summed E-state index contributed by atoms with van der Waals surface area (Å²) in [6, 6.07) is 0. The van der Waals surface area contributed by atoms with Crippen LogP contribution in [-0.2, 0) is 0 Å². The zero-order valence-corrected chi connectivity index (χ0v) is 9.04. The minimum atomic E-state index is -0.412. The molecule has 0 fully saturated rings. The van der Waals surface area contributed by atoms with Crippen molar-refractivity contribution in [2.24, 2.45) is 0 Å². The van der Waals surface area contributed by atoms with Gasteiger partial charge in [0, 0.05) is 18.9 Å². The summed E-state index contributed by atoms with van der Waals surface area (Å²) in [5.41, 5.74) is 5.85. The first-order valence-electron chi connectivity index (χ1n) is 4.91. The molecule has 0 radical (unpaired) electrons. The van der Waals surface area contributed by atoms with E-state index in [1.165, 1.54) is 12.4 Å². The number of carbonyl (C=O) groups excluding carboxylic acids is 1. The summed E-state index contributed by atoms with van der Waals surface area (Å²) < 4.78 is 4.89. The normalized spacial score (nSPS) is 10.2. The van der Waals surface area contributed by atoms with Crippen LogP contribution in [0.25, 0.3) is 11.6 Å². The SMILES string of the molecule is CCNC(=O)c1noc(-c2nccnc2N)n1. The second-order valence-corrected chi connectivity index (χ2v) is 3.07. The molecule has 17 heavy (non-hydrogen) atoms. The molecule has 2 aromatic heterocycles. The van der Waals surface area contributed by atoms with E-state index in [0.29, 0.717) is 6.54 Å². The van der Waals surface area contributed by atoms with Crippen LogP contribution in [0.2, 0.25) is 0 Å². The van der Waals surface area contributed by atoms with Gasteiger partial charge in [-0.15, -0.1) is 0 Å². The number of carbonyl (C=O) groups is 1. The van der Waals surface area contributed by atoms with Gasteiger partial charge in [0.25, 0.3) is 17.6 Å². The van der Waals surface area contributed by atoms with E-state index >= 15 is 0 Å². The minimum absolute atomic E-state index is 0.0631. The quantitative estimate of drug-likeness (QED) is 0.758. The topological polar surface area (TPSA) is 120 Å². The van der Waals surface area contributed by atoms with E-state index in [2.05, 4.69) is 25.4 Å². The van der Waals surface area contributed by atoms with Gasteiger partial charge < -0.3 is 15.6 Å². The third kappa shape index (κ3) is 2.19. The maximum Gasteiger partial charge on any atom is 0.292 e. The molecule has 0 aliphatic rings. The summed E-state index contributed by atoms with van der Waals surface area (Å²) in [7, 11) is 0. The number of hydrogen-bond donors (Lipinski definition) is 2. The first-order chi connectivity index (χ1) is 8.22. The number of hydrogen-bond acceptors (Lipinski definition) is 7. The molecule has 3 N–H and O–H groups in total. The molecule has 2 aromatic rings. The van der Waals surface area contributed by atoms with Gasteiger partial charge in [-0.1, -0.05) is 5.16 Å². The maximum absolute atomic E-state index is 11.4. The second-order valence-electron chi connectivity index (χ2n) is 3.07. The zero-order chi connectivity index (χ0) is 12.3. The Kier molecular flexibility index (Phi) is 2.95. The molecule has 8 heteroatoms. The number of rotatable bonds is 3. The van der Waals surface area contributed by atoms with Gasteiger partial charge >= 0.3 is 0 Å². The predicted octanol–water partition coefficient (Wildman–Crippen LogP) is -0.142. The summed E-state index contributed by atoms with van der Waals surface area (Å²) in [6.07, 6.45) is 2.89. The van der Waals surface area contributed by atoms with Crippen molar-refractivity contribution in [3.63, 3.8) is 0 Å². The highest BCUT2D eigenvalue weighted by Gasteiger charge is 2.17. The smallest absolute Gasteiger partial charge is 0.292 e. The van der Waals surface area contributed by atoms with Crippen LogP contribution in [-0.4, -0.2) is 32.6 Å². The van der Waals surface area contributed by atoms with Crippen LogP contribution >= 0.6 is 0 Å². The molecular formula is C9H10N6O2. The molecule has 0 aromatic carbocycles. The summed E-state index contributed by atoms with van der Waals surface area (Å²) in [6.45, 7) is 2.27. The summed E-state index contributed by atoms with van der Waals surface area (Å²) in [5.74, 6) is -0.243. The van der Waals surface area contributed by atoms with Crippen molar-refractivity contribution in [3.8, 4) is 11.6 Å². The predicted molar refractivity (Wildman–Crippen MR) is 57.7 cm³/mol. The largest absolute Gasteiger partial charge is 0.382 e. The Morgan fingerprint density at radius 2 is 2.24 bits per heavy atom. The Hall–Kier alpha value is -2.51. The lowest BCUT2D eigenvalue weighted by atomic mass is 10.4. The fourth-order valence-electron chi connectivity index (χ4n) is 1.17. The van der Waals surface area contributed by atoms with E-state index in [0.717, 1.165) is 0 Å². The number of anilines is 1. The number of aromatic nitrogens is 4. The summed E-state index contributed by atoms with van der Waals surface area (Å²) in [4.78, 5) is 23.1. The van der Waals surface area contributed by atoms with Crippen LogP contribution < -0.4 is 11.1 Å². The highest BCUT2D eigenvalue weighted by Crippen LogP contribution is 2.18. The standard InChI is InChI=1S/C9H10N6O2/c1-2-11-8(16)7-14-9(17-15-7)5-6(10)13-4-3-12-5/h3-4H,2H2,1H3,(H2,10,13)(H,11,16). The number of nitrogens with one attached hydrogen (secondary N) is 1. The Balaban J connectivity index is 2.30. The molecule has 2 rings (SSSR count). The lowest BCUT2D eigenvalue weighted by molar-refractivity contribution is 0.0942. The van der Waals surface area contributed by atoms with Crippen molar-refractivity contribution in [3.05, 3.63) is 18.2 Å².